The van der Waals surface area contributed by atoms with E-state index < -0.39 is 0 Å². The molecule has 0 bridgehead atoms. The Balaban J connectivity index is 2.20. The fourth-order valence-corrected chi connectivity index (χ4v) is 1.40. The molecule has 0 spiro atoms. The minimum Gasteiger partial charge on any atom is -0.372 e. The molecule has 0 saturated carbocycles. The Morgan fingerprint density at radius 1 is 1.22 bits per heavy atom. The average molecular weight is 243 g/mol. The molecular weight excluding hydrogens is 230 g/mol. The van der Waals surface area contributed by atoms with Crippen molar-refractivity contribution < 1.29 is 4.79 Å². The van der Waals surface area contributed by atoms with Gasteiger partial charge in [-0.3, -0.25) is 9.69 Å². The number of hydrogen-bond acceptors (Lipinski definition) is 5. The van der Waals surface area contributed by atoms with Gasteiger partial charge in [-0.1, -0.05) is 6.07 Å². The predicted molar refractivity (Wildman–Crippen MR) is 68.5 cm³/mol. The van der Waals surface area contributed by atoms with Crippen LogP contribution in [0.1, 0.15) is 10.5 Å². The fraction of sp³-hybridized carbons (Fsp3) is 0.167. The zero-order chi connectivity index (χ0) is 13.0. The highest BCUT2D eigenvalue weighted by Crippen LogP contribution is 2.10. The van der Waals surface area contributed by atoms with Crippen molar-refractivity contribution in [2.24, 2.45) is 0 Å². The minimum absolute atomic E-state index is 0.246. The summed E-state index contributed by atoms with van der Waals surface area (Å²) in [5.74, 6) is 0.942. The lowest BCUT2D eigenvalue weighted by molar-refractivity contribution is 0.0987. The molecule has 6 heteroatoms. The first kappa shape index (κ1) is 12.0. The third-order valence-corrected chi connectivity index (χ3v) is 2.42. The standard InChI is InChI=1S/C12H13N5O/c1-13-10-8-15-9(7-16-10)12(18)17(2)11-5-3-4-6-14-11/h3-8H,1-2H3,(H,13,16). The largest absolute Gasteiger partial charge is 0.372 e. The number of carbonyl (C=O) groups is 1. The number of carbonyl (C=O) groups excluding carboxylic acids is 1. The molecule has 0 aromatic carbocycles. The first-order valence-corrected chi connectivity index (χ1v) is 5.41. The number of anilines is 2. The van der Waals surface area contributed by atoms with E-state index in [4.69, 9.17) is 0 Å². The molecule has 0 atom stereocenters. The van der Waals surface area contributed by atoms with Gasteiger partial charge in [-0.25, -0.2) is 15.0 Å². The van der Waals surface area contributed by atoms with Crippen molar-refractivity contribution in [2.45, 2.75) is 0 Å². The minimum atomic E-state index is -0.246. The van der Waals surface area contributed by atoms with E-state index in [0.29, 0.717) is 11.6 Å². The van der Waals surface area contributed by atoms with Crippen molar-refractivity contribution in [3.05, 3.63) is 42.5 Å². The molecule has 2 heterocycles. The van der Waals surface area contributed by atoms with E-state index in [1.807, 2.05) is 6.07 Å². The van der Waals surface area contributed by atoms with Crippen LogP contribution in [-0.2, 0) is 0 Å². The molecule has 0 aliphatic heterocycles. The molecule has 2 rings (SSSR count). The highest BCUT2D eigenvalue weighted by Gasteiger charge is 2.15. The van der Waals surface area contributed by atoms with Crippen molar-refractivity contribution in [1.82, 2.24) is 15.0 Å². The summed E-state index contributed by atoms with van der Waals surface area (Å²) in [4.78, 5) is 25.7. The number of rotatable bonds is 3. The Hall–Kier alpha value is -2.50. The molecule has 6 nitrogen and oxygen atoms in total. The second-order valence-electron chi connectivity index (χ2n) is 3.59. The summed E-state index contributed by atoms with van der Waals surface area (Å²) < 4.78 is 0. The number of aromatic nitrogens is 3. The van der Waals surface area contributed by atoms with Gasteiger partial charge in [0.05, 0.1) is 12.4 Å². The van der Waals surface area contributed by atoms with Gasteiger partial charge in [-0.05, 0) is 12.1 Å². The Morgan fingerprint density at radius 3 is 2.61 bits per heavy atom. The zero-order valence-electron chi connectivity index (χ0n) is 10.2. The van der Waals surface area contributed by atoms with Gasteiger partial charge in [0.1, 0.15) is 17.3 Å². The van der Waals surface area contributed by atoms with E-state index in [-0.39, 0.29) is 11.6 Å². The third kappa shape index (κ3) is 2.42. The monoisotopic (exact) mass is 243 g/mol. The maximum absolute atomic E-state index is 12.1. The molecule has 2 aromatic heterocycles. The van der Waals surface area contributed by atoms with E-state index in [9.17, 15) is 4.79 Å². The first-order chi connectivity index (χ1) is 8.72. The van der Waals surface area contributed by atoms with Crippen LogP contribution < -0.4 is 10.2 Å². The zero-order valence-corrected chi connectivity index (χ0v) is 10.2. The van der Waals surface area contributed by atoms with Gasteiger partial charge in [0, 0.05) is 20.3 Å². The summed E-state index contributed by atoms with van der Waals surface area (Å²) in [6, 6.07) is 5.37. The quantitative estimate of drug-likeness (QED) is 0.876. The first-order valence-electron chi connectivity index (χ1n) is 5.41. The van der Waals surface area contributed by atoms with Gasteiger partial charge in [0.25, 0.3) is 5.91 Å². The number of pyridine rings is 1. The van der Waals surface area contributed by atoms with E-state index in [1.54, 1.807) is 32.4 Å². The SMILES string of the molecule is CNc1cnc(C(=O)N(C)c2ccccn2)cn1. The van der Waals surface area contributed by atoms with Crippen LogP contribution in [0.25, 0.3) is 0 Å². The Bertz CT molecular complexity index is 526. The summed E-state index contributed by atoms with van der Waals surface area (Å²) in [6.07, 6.45) is 4.59. The molecule has 2 aromatic rings. The van der Waals surface area contributed by atoms with E-state index >= 15 is 0 Å². The average Bonchev–Trinajstić information content (AvgIpc) is 2.47. The molecule has 1 amide bonds. The molecule has 0 aliphatic rings. The predicted octanol–water partition coefficient (Wildman–Crippen LogP) is 1.19. The maximum atomic E-state index is 12.1. The van der Waals surface area contributed by atoms with Crippen LogP contribution in [0.2, 0.25) is 0 Å². The summed E-state index contributed by atoms with van der Waals surface area (Å²) in [5, 5.41) is 2.84. The molecule has 1 N–H and O–H groups in total. The van der Waals surface area contributed by atoms with Crippen molar-refractivity contribution in [3.63, 3.8) is 0 Å². The van der Waals surface area contributed by atoms with Gasteiger partial charge < -0.3 is 5.32 Å². The lowest BCUT2D eigenvalue weighted by Crippen LogP contribution is -2.28. The molecule has 0 unspecified atom stereocenters. The van der Waals surface area contributed by atoms with Crippen LogP contribution >= 0.6 is 0 Å². The van der Waals surface area contributed by atoms with Crippen molar-refractivity contribution in [2.75, 3.05) is 24.3 Å². The smallest absolute Gasteiger partial charge is 0.279 e. The normalized spacial score (nSPS) is 9.89. The highest BCUT2D eigenvalue weighted by atomic mass is 16.2. The summed E-state index contributed by atoms with van der Waals surface area (Å²) in [6.45, 7) is 0. The van der Waals surface area contributed by atoms with Gasteiger partial charge in [0.15, 0.2) is 0 Å². The molecule has 0 fully saturated rings. The van der Waals surface area contributed by atoms with Crippen LogP contribution in [0.15, 0.2) is 36.8 Å². The summed E-state index contributed by atoms with van der Waals surface area (Å²) >= 11 is 0. The number of amides is 1. The molecular formula is C12H13N5O. The Labute approximate surface area is 105 Å². The lowest BCUT2D eigenvalue weighted by Gasteiger charge is -2.15. The van der Waals surface area contributed by atoms with Gasteiger partial charge in [-0.15, -0.1) is 0 Å². The molecule has 18 heavy (non-hydrogen) atoms. The maximum Gasteiger partial charge on any atom is 0.279 e. The van der Waals surface area contributed by atoms with Crippen LogP contribution in [0, 0.1) is 0 Å². The second-order valence-corrected chi connectivity index (χ2v) is 3.59. The Morgan fingerprint density at radius 2 is 2.06 bits per heavy atom. The summed E-state index contributed by atoms with van der Waals surface area (Å²) in [5.41, 5.74) is 0.280. The van der Waals surface area contributed by atoms with E-state index in [0.717, 1.165) is 0 Å². The van der Waals surface area contributed by atoms with Crippen molar-refractivity contribution in [3.8, 4) is 0 Å². The van der Waals surface area contributed by atoms with Crippen LogP contribution in [0.4, 0.5) is 11.6 Å². The summed E-state index contributed by atoms with van der Waals surface area (Å²) in [7, 11) is 3.39. The van der Waals surface area contributed by atoms with Gasteiger partial charge in [0.2, 0.25) is 0 Å². The van der Waals surface area contributed by atoms with Crippen LogP contribution in [0.5, 0.6) is 0 Å². The highest BCUT2D eigenvalue weighted by molar-refractivity contribution is 6.03. The van der Waals surface area contributed by atoms with Crippen LogP contribution in [-0.4, -0.2) is 35.0 Å². The van der Waals surface area contributed by atoms with Crippen molar-refractivity contribution >= 4 is 17.5 Å². The van der Waals surface area contributed by atoms with Crippen molar-refractivity contribution in [1.29, 1.82) is 0 Å². The molecule has 0 aliphatic carbocycles. The fourth-order valence-electron chi connectivity index (χ4n) is 1.40. The van der Waals surface area contributed by atoms with Crippen LogP contribution in [0.3, 0.4) is 0 Å². The third-order valence-electron chi connectivity index (χ3n) is 2.42. The van der Waals surface area contributed by atoms with E-state index in [1.165, 1.54) is 17.3 Å². The second kappa shape index (κ2) is 5.22. The van der Waals surface area contributed by atoms with E-state index in [2.05, 4.69) is 20.3 Å². The lowest BCUT2D eigenvalue weighted by atomic mass is 10.3. The number of nitrogens with zero attached hydrogens (tertiary/aromatic N) is 4. The number of nitrogens with one attached hydrogen (secondary N) is 1. The van der Waals surface area contributed by atoms with Gasteiger partial charge in [-0.2, -0.15) is 0 Å². The Kier molecular flexibility index (Phi) is 3.47. The molecule has 92 valence electrons. The van der Waals surface area contributed by atoms with Gasteiger partial charge >= 0.3 is 0 Å². The molecule has 0 saturated heterocycles. The topological polar surface area (TPSA) is 71.0 Å². The molecule has 0 radical (unpaired) electrons. The number of hydrogen-bond donors (Lipinski definition) is 1.